The summed E-state index contributed by atoms with van der Waals surface area (Å²) >= 11 is 3.73. The minimum absolute atomic E-state index is 0.189. The highest BCUT2D eigenvalue weighted by Gasteiger charge is 2.57. The average molecular weight is 564 g/mol. The first-order valence-electron chi connectivity index (χ1n) is 11.8. The lowest BCUT2D eigenvalue weighted by Gasteiger charge is -2.29. The second kappa shape index (κ2) is 9.90. The number of methoxy groups -OCH3 is 1. The number of thiazole rings is 1. The van der Waals surface area contributed by atoms with Gasteiger partial charge in [-0.2, -0.15) is 0 Å². The number of hydrogen-bond acceptors (Lipinski definition) is 8. The molecular weight excluding hydrogens is 543 g/mol. The summed E-state index contributed by atoms with van der Waals surface area (Å²) < 4.78 is 6.64. The number of ether oxygens (including phenoxy) is 1. The van der Waals surface area contributed by atoms with Crippen molar-refractivity contribution in [3.63, 3.8) is 0 Å². The predicted molar refractivity (Wildman–Crippen MR) is 148 cm³/mol. The van der Waals surface area contributed by atoms with Crippen LogP contribution < -0.4 is 19.8 Å². The third-order valence-corrected chi connectivity index (χ3v) is 10.1. The SMILES string of the molecule is COc1ccc(N2C(=O)[C@H]3[C@H](c4cccs4)c4sc(=O)n(CC(=O)Nc5ccccc5)c4S[C@H]3C2=O)cc1. The van der Waals surface area contributed by atoms with Gasteiger partial charge in [0, 0.05) is 21.4 Å². The molecule has 1 N–H and O–H groups in total. The van der Waals surface area contributed by atoms with Gasteiger partial charge in [-0.15, -0.1) is 11.3 Å². The molecule has 3 atom stereocenters. The largest absolute Gasteiger partial charge is 0.497 e. The van der Waals surface area contributed by atoms with Gasteiger partial charge in [0.15, 0.2) is 0 Å². The first kappa shape index (κ1) is 24.7. The first-order chi connectivity index (χ1) is 18.5. The van der Waals surface area contributed by atoms with Crippen LogP contribution in [0.3, 0.4) is 0 Å². The topological polar surface area (TPSA) is 97.7 Å². The molecule has 0 unspecified atom stereocenters. The van der Waals surface area contributed by atoms with Crippen molar-refractivity contribution < 1.29 is 19.1 Å². The number of carbonyl (C=O) groups is 3. The number of thioether (sulfide) groups is 1. The summed E-state index contributed by atoms with van der Waals surface area (Å²) in [6, 6.07) is 19.6. The van der Waals surface area contributed by atoms with Crippen LogP contribution in [-0.4, -0.2) is 34.6 Å². The van der Waals surface area contributed by atoms with Gasteiger partial charge in [-0.05, 0) is 47.8 Å². The van der Waals surface area contributed by atoms with Crippen molar-refractivity contribution in [2.45, 2.75) is 22.7 Å². The van der Waals surface area contributed by atoms with E-state index in [0.29, 0.717) is 27.0 Å². The number of hydrogen-bond donors (Lipinski definition) is 1. The molecular formula is C27H21N3O5S3. The molecule has 0 bridgehead atoms. The molecule has 0 radical (unpaired) electrons. The zero-order valence-corrected chi connectivity index (χ0v) is 22.5. The highest BCUT2D eigenvalue weighted by atomic mass is 32.2. The third-order valence-electron chi connectivity index (χ3n) is 6.59. The Morgan fingerprint density at radius 2 is 1.74 bits per heavy atom. The molecule has 192 valence electrons. The number of fused-ring (bicyclic) bond motifs is 2. The van der Waals surface area contributed by atoms with Gasteiger partial charge >= 0.3 is 4.87 Å². The van der Waals surface area contributed by atoms with Crippen LogP contribution in [0.15, 0.2) is 81.9 Å². The van der Waals surface area contributed by atoms with E-state index in [-0.39, 0.29) is 29.1 Å². The lowest BCUT2D eigenvalue weighted by molar-refractivity contribution is -0.122. The summed E-state index contributed by atoms with van der Waals surface area (Å²) in [6.45, 7) is -0.189. The maximum atomic E-state index is 13.8. The summed E-state index contributed by atoms with van der Waals surface area (Å²) in [5.74, 6) is -1.46. The Labute approximate surface area is 229 Å². The molecule has 8 nitrogen and oxygen atoms in total. The fourth-order valence-corrected chi connectivity index (χ4v) is 8.60. The number of nitrogens with one attached hydrogen (secondary N) is 1. The number of imide groups is 1. The van der Waals surface area contributed by atoms with Gasteiger partial charge in [0.25, 0.3) is 0 Å². The fourth-order valence-electron chi connectivity index (χ4n) is 4.88. The number of nitrogens with zero attached hydrogens (tertiary/aromatic N) is 2. The van der Waals surface area contributed by atoms with Crippen LogP contribution in [0.4, 0.5) is 11.4 Å². The van der Waals surface area contributed by atoms with Gasteiger partial charge in [0.2, 0.25) is 17.7 Å². The lowest BCUT2D eigenvalue weighted by Crippen LogP contribution is -2.32. The lowest BCUT2D eigenvalue weighted by atomic mass is 9.87. The van der Waals surface area contributed by atoms with Gasteiger partial charge in [-0.3, -0.25) is 23.7 Å². The third kappa shape index (κ3) is 4.16. The molecule has 6 rings (SSSR count). The first-order valence-corrected chi connectivity index (χ1v) is 14.3. The van der Waals surface area contributed by atoms with Gasteiger partial charge in [0.1, 0.15) is 17.5 Å². The summed E-state index contributed by atoms with van der Waals surface area (Å²) in [6.07, 6.45) is 0. The number of aromatic nitrogens is 1. The number of amides is 3. The Kier molecular flexibility index (Phi) is 6.42. The van der Waals surface area contributed by atoms with E-state index in [4.69, 9.17) is 4.74 Å². The zero-order chi connectivity index (χ0) is 26.4. The molecule has 2 aromatic heterocycles. The minimum Gasteiger partial charge on any atom is -0.497 e. The molecule has 3 amide bonds. The second-order valence-electron chi connectivity index (χ2n) is 8.80. The molecule has 1 saturated heterocycles. The van der Waals surface area contributed by atoms with Crippen LogP contribution in [0.25, 0.3) is 0 Å². The fraction of sp³-hybridized carbons (Fsp3) is 0.185. The average Bonchev–Trinajstić information content (AvgIpc) is 3.62. The number of rotatable bonds is 6. The van der Waals surface area contributed by atoms with Crippen molar-refractivity contribution in [1.82, 2.24) is 4.57 Å². The van der Waals surface area contributed by atoms with Crippen LogP contribution in [0.5, 0.6) is 5.75 Å². The van der Waals surface area contributed by atoms with E-state index in [1.54, 1.807) is 43.5 Å². The van der Waals surface area contributed by atoms with Crippen molar-refractivity contribution in [2.75, 3.05) is 17.3 Å². The van der Waals surface area contributed by atoms with Crippen LogP contribution in [-0.2, 0) is 20.9 Å². The summed E-state index contributed by atoms with van der Waals surface area (Å²) in [5.41, 5.74) is 1.11. The van der Waals surface area contributed by atoms with Gasteiger partial charge in [-0.1, -0.05) is 47.4 Å². The predicted octanol–water partition coefficient (Wildman–Crippen LogP) is 4.41. The van der Waals surface area contributed by atoms with Gasteiger partial charge < -0.3 is 10.1 Å². The van der Waals surface area contributed by atoms with Crippen molar-refractivity contribution >= 4 is 63.5 Å². The van der Waals surface area contributed by atoms with Crippen LogP contribution in [0.2, 0.25) is 0 Å². The standard InChI is InChI=1S/C27H21N3O5S3/c1-35-17-11-9-16(10-12-17)30-24(32)21-20(18-8-5-13-36-18)23-26(37-22(21)25(30)33)29(27(34)38-23)14-19(31)28-15-6-3-2-4-7-15/h2-13,20-22H,14H2,1H3,(H,28,31)/t20-,21-,22+/m0/s1. The van der Waals surface area contributed by atoms with Crippen molar-refractivity contribution in [1.29, 1.82) is 0 Å². The molecule has 0 spiro atoms. The van der Waals surface area contributed by atoms with E-state index in [0.717, 1.165) is 16.2 Å². The number of thiophene rings is 1. The second-order valence-corrected chi connectivity index (χ2v) is 11.9. The Morgan fingerprint density at radius 3 is 2.42 bits per heavy atom. The van der Waals surface area contributed by atoms with E-state index in [9.17, 15) is 19.2 Å². The summed E-state index contributed by atoms with van der Waals surface area (Å²) in [5, 5.41) is 4.58. The van der Waals surface area contributed by atoms with Crippen LogP contribution >= 0.6 is 34.4 Å². The molecule has 4 aromatic rings. The molecule has 0 aliphatic carbocycles. The number of anilines is 2. The number of para-hydroxylation sites is 1. The van der Waals surface area contributed by atoms with E-state index in [1.807, 2.05) is 35.7 Å². The van der Waals surface area contributed by atoms with E-state index >= 15 is 0 Å². The normalized spacial score (nSPS) is 20.2. The Balaban J connectivity index is 1.38. The highest BCUT2D eigenvalue weighted by Crippen LogP contribution is 2.54. The monoisotopic (exact) mass is 563 g/mol. The van der Waals surface area contributed by atoms with Crippen molar-refractivity contribution in [3.05, 3.63) is 91.5 Å². The number of benzene rings is 2. The van der Waals surface area contributed by atoms with Crippen molar-refractivity contribution in [3.8, 4) is 5.75 Å². The Bertz CT molecular complexity index is 1580. The van der Waals surface area contributed by atoms with Gasteiger partial charge in [-0.25, -0.2) is 4.90 Å². The van der Waals surface area contributed by atoms with Gasteiger partial charge in [0.05, 0.1) is 23.7 Å². The highest BCUT2D eigenvalue weighted by molar-refractivity contribution is 8.00. The van der Waals surface area contributed by atoms with E-state index < -0.39 is 17.1 Å². The van der Waals surface area contributed by atoms with Crippen molar-refractivity contribution in [2.24, 2.45) is 5.92 Å². The van der Waals surface area contributed by atoms with E-state index in [1.165, 1.54) is 32.6 Å². The number of carbonyl (C=O) groups excluding carboxylic acids is 3. The molecule has 11 heteroatoms. The molecule has 38 heavy (non-hydrogen) atoms. The molecule has 2 aliphatic rings. The smallest absolute Gasteiger partial charge is 0.308 e. The Morgan fingerprint density at radius 1 is 0.974 bits per heavy atom. The van der Waals surface area contributed by atoms with Crippen LogP contribution in [0, 0.1) is 5.92 Å². The molecule has 0 saturated carbocycles. The minimum atomic E-state index is -0.721. The summed E-state index contributed by atoms with van der Waals surface area (Å²) in [4.78, 5) is 56.1. The maximum Gasteiger partial charge on any atom is 0.308 e. The quantitative estimate of drug-likeness (QED) is 0.349. The van der Waals surface area contributed by atoms with E-state index in [2.05, 4.69) is 5.32 Å². The molecule has 4 heterocycles. The maximum absolute atomic E-state index is 13.8. The molecule has 2 aromatic carbocycles. The molecule has 1 fully saturated rings. The zero-order valence-electron chi connectivity index (χ0n) is 20.0. The van der Waals surface area contributed by atoms with Crippen LogP contribution in [0.1, 0.15) is 15.7 Å². The molecule has 2 aliphatic heterocycles. The summed E-state index contributed by atoms with van der Waals surface area (Å²) in [7, 11) is 1.55. The Hall–Kier alpha value is -3.67.